The Morgan fingerprint density at radius 1 is 1.22 bits per heavy atom. The third kappa shape index (κ3) is 2.12. The largest absolute Gasteiger partial charge is 0.326 e. The van der Waals surface area contributed by atoms with Gasteiger partial charge in [-0.2, -0.15) is 0 Å². The normalized spacial score (nSPS) is 14.7. The van der Waals surface area contributed by atoms with E-state index in [-0.39, 0.29) is 11.8 Å². The number of fused-ring (bicyclic) bond motifs is 4. The van der Waals surface area contributed by atoms with Gasteiger partial charge in [-0.15, -0.1) is 0 Å². The predicted octanol–water partition coefficient (Wildman–Crippen LogP) is 3.08. The van der Waals surface area contributed by atoms with Crippen LogP contribution >= 0.6 is 0 Å². The van der Waals surface area contributed by atoms with Gasteiger partial charge in [0, 0.05) is 17.7 Å². The second-order valence-corrected chi connectivity index (χ2v) is 5.62. The Bertz CT molecular complexity index is 870. The zero-order chi connectivity index (χ0) is 16.0. The van der Waals surface area contributed by atoms with Crippen LogP contribution in [0.15, 0.2) is 47.5 Å². The van der Waals surface area contributed by atoms with Gasteiger partial charge >= 0.3 is 0 Å². The maximum absolute atomic E-state index is 12.5. The molecule has 0 spiro atoms. The van der Waals surface area contributed by atoms with Crippen LogP contribution in [-0.2, 0) is 11.3 Å². The molecule has 0 unspecified atom stereocenters. The van der Waals surface area contributed by atoms with Crippen LogP contribution in [0.25, 0.3) is 0 Å². The lowest BCUT2D eigenvalue weighted by atomic mass is 10.1. The van der Waals surface area contributed by atoms with E-state index in [0.29, 0.717) is 24.4 Å². The van der Waals surface area contributed by atoms with Crippen molar-refractivity contribution in [2.45, 2.75) is 19.9 Å². The first kappa shape index (κ1) is 13.7. The van der Waals surface area contributed by atoms with Gasteiger partial charge in [-0.3, -0.25) is 14.5 Å². The molecule has 0 fully saturated rings. The number of hydrogen-bond acceptors (Lipinski definition) is 3. The van der Waals surface area contributed by atoms with E-state index in [0.717, 1.165) is 22.5 Å². The van der Waals surface area contributed by atoms with Crippen molar-refractivity contribution in [1.82, 2.24) is 4.90 Å². The van der Waals surface area contributed by atoms with Gasteiger partial charge in [0.2, 0.25) is 5.91 Å². The lowest BCUT2D eigenvalue weighted by Gasteiger charge is -2.23. The summed E-state index contributed by atoms with van der Waals surface area (Å²) >= 11 is 0. The Morgan fingerprint density at radius 2 is 2.00 bits per heavy atom. The van der Waals surface area contributed by atoms with Crippen LogP contribution in [0.5, 0.6) is 0 Å². The van der Waals surface area contributed by atoms with Crippen LogP contribution in [0.4, 0.5) is 11.4 Å². The average Bonchev–Trinajstić information content (AvgIpc) is 2.85. The van der Waals surface area contributed by atoms with Crippen molar-refractivity contribution in [3.05, 3.63) is 59.2 Å². The fourth-order valence-electron chi connectivity index (χ4n) is 2.95. The van der Waals surface area contributed by atoms with Gasteiger partial charge in [0.15, 0.2) is 0 Å². The summed E-state index contributed by atoms with van der Waals surface area (Å²) in [5.41, 5.74) is 4.09. The van der Waals surface area contributed by atoms with Crippen molar-refractivity contribution in [2.75, 3.05) is 5.32 Å². The Kier molecular flexibility index (Phi) is 3.01. The van der Waals surface area contributed by atoms with E-state index in [1.54, 1.807) is 4.90 Å². The van der Waals surface area contributed by atoms with E-state index in [2.05, 4.69) is 10.3 Å². The lowest BCUT2D eigenvalue weighted by Crippen LogP contribution is -2.31. The summed E-state index contributed by atoms with van der Waals surface area (Å²) in [7, 11) is 0. The number of hydrogen-bond donors (Lipinski definition) is 1. The zero-order valence-electron chi connectivity index (χ0n) is 12.7. The molecule has 2 aromatic rings. The number of nitrogens with one attached hydrogen (secondary N) is 1. The fourth-order valence-corrected chi connectivity index (χ4v) is 2.95. The van der Waals surface area contributed by atoms with Gasteiger partial charge in [0.05, 0.1) is 17.8 Å². The van der Waals surface area contributed by atoms with E-state index in [1.165, 1.54) is 0 Å². The van der Waals surface area contributed by atoms with Crippen LogP contribution in [0.3, 0.4) is 0 Å². The molecule has 0 radical (unpaired) electrons. The van der Waals surface area contributed by atoms with Gasteiger partial charge in [0.25, 0.3) is 5.91 Å². The van der Waals surface area contributed by atoms with Crippen LogP contribution < -0.4 is 5.32 Å². The van der Waals surface area contributed by atoms with Crippen molar-refractivity contribution >= 4 is 29.0 Å². The Labute approximate surface area is 133 Å². The van der Waals surface area contributed by atoms with Crippen molar-refractivity contribution in [2.24, 2.45) is 4.99 Å². The molecule has 2 aliphatic heterocycles. The van der Waals surface area contributed by atoms with Gasteiger partial charge in [0.1, 0.15) is 5.84 Å². The maximum atomic E-state index is 12.5. The quantitative estimate of drug-likeness (QED) is 0.926. The molecule has 1 N–H and O–H groups in total. The molecular weight excluding hydrogens is 290 g/mol. The second kappa shape index (κ2) is 5.05. The molecule has 0 saturated heterocycles. The topological polar surface area (TPSA) is 61.8 Å². The van der Waals surface area contributed by atoms with E-state index in [1.807, 2.05) is 49.4 Å². The van der Waals surface area contributed by atoms with Crippen molar-refractivity contribution in [3.8, 4) is 0 Å². The number of benzene rings is 2. The monoisotopic (exact) mass is 305 g/mol. The highest BCUT2D eigenvalue weighted by Gasteiger charge is 2.36. The summed E-state index contributed by atoms with van der Waals surface area (Å²) < 4.78 is 0. The van der Waals surface area contributed by atoms with Crippen molar-refractivity contribution in [1.29, 1.82) is 0 Å². The molecule has 2 amide bonds. The number of carbonyl (C=O) groups excluding carboxylic acids is 2. The van der Waals surface area contributed by atoms with E-state index in [9.17, 15) is 9.59 Å². The predicted molar refractivity (Wildman–Crippen MR) is 87.9 cm³/mol. The first-order valence-corrected chi connectivity index (χ1v) is 7.60. The van der Waals surface area contributed by atoms with Crippen LogP contribution in [-0.4, -0.2) is 22.5 Å². The van der Waals surface area contributed by atoms with Crippen molar-refractivity contribution < 1.29 is 9.59 Å². The number of anilines is 1. The van der Waals surface area contributed by atoms with Gasteiger partial charge in [-0.05, 0) is 29.8 Å². The number of carbonyl (C=O) groups is 2. The van der Waals surface area contributed by atoms with E-state index >= 15 is 0 Å². The van der Waals surface area contributed by atoms with Crippen molar-refractivity contribution in [3.63, 3.8) is 0 Å². The number of amides is 2. The first-order valence-electron chi connectivity index (χ1n) is 7.60. The third-order valence-electron chi connectivity index (χ3n) is 4.14. The highest BCUT2D eigenvalue weighted by molar-refractivity contribution is 6.24. The maximum Gasteiger partial charge on any atom is 0.260 e. The van der Waals surface area contributed by atoms with Gasteiger partial charge in [-0.1, -0.05) is 25.1 Å². The number of aliphatic imine (C=N–C) groups is 1. The molecule has 0 atom stereocenters. The molecule has 2 aliphatic rings. The second-order valence-electron chi connectivity index (χ2n) is 5.62. The molecule has 0 saturated carbocycles. The molecule has 0 aromatic heterocycles. The van der Waals surface area contributed by atoms with Gasteiger partial charge < -0.3 is 5.32 Å². The summed E-state index contributed by atoms with van der Waals surface area (Å²) in [4.78, 5) is 30.4. The Hall–Kier alpha value is -2.95. The Balaban J connectivity index is 1.74. The zero-order valence-corrected chi connectivity index (χ0v) is 12.7. The summed E-state index contributed by atoms with van der Waals surface area (Å²) in [5, 5.41) is 2.84. The number of rotatable bonds is 2. The van der Waals surface area contributed by atoms with Crippen LogP contribution in [0.2, 0.25) is 0 Å². The third-order valence-corrected chi connectivity index (χ3v) is 4.14. The summed E-state index contributed by atoms with van der Waals surface area (Å²) in [5.74, 6) is 0.658. The summed E-state index contributed by atoms with van der Waals surface area (Å²) in [6.45, 7) is 2.28. The number of amidine groups is 1. The summed E-state index contributed by atoms with van der Waals surface area (Å²) in [6, 6.07) is 13.1. The first-order chi connectivity index (χ1) is 11.2. The average molecular weight is 305 g/mol. The standard InChI is InChI=1S/C18H15N3O2/c1-2-16(22)19-12-7-8-15-11(9-12)10-21-17(20-15)13-5-3-4-6-14(13)18(21)23/h3-9H,2,10H2,1H3,(H,19,22). The minimum absolute atomic E-state index is 0.0204. The molecule has 5 heteroatoms. The minimum Gasteiger partial charge on any atom is -0.326 e. The van der Waals surface area contributed by atoms with E-state index < -0.39 is 0 Å². The summed E-state index contributed by atoms with van der Waals surface area (Å²) in [6.07, 6.45) is 0.430. The molecule has 0 aliphatic carbocycles. The molecule has 114 valence electrons. The Morgan fingerprint density at radius 3 is 2.78 bits per heavy atom. The van der Waals surface area contributed by atoms with E-state index in [4.69, 9.17) is 0 Å². The highest BCUT2D eigenvalue weighted by Crippen LogP contribution is 2.35. The van der Waals surface area contributed by atoms with Gasteiger partial charge in [-0.25, -0.2) is 4.99 Å². The molecule has 2 aromatic carbocycles. The number of nitrogens with zero attached hydrogens (tertiary/aromatic N) is 2. The minimum atomic E-state index is -0.0328. The molecule has 4 rings (SSSR count). The fraction of sp³-hybridized carbons (Fsp3) is 0.167. The highest BCUT2D eigenvalue weighted by atomic mass is 16.2. The SMILES string of the molecule is CCC(=O)Nc1ccc2c(c1)CN1C(=O)c3ccccc3C1=N2. The smallest absolute Gasteiger partial charge is 0.260 e. The molecule has 2 heterocycles. The molecule has 0 bridgehead atoms. The van der Waals surface area contributed by atoms with Crippen LogP contribution in [0, 0.1) is 0 Å². The van der Waals surface area contributed by atoms with Crippen LogP contribution in [0.1, 0.15) is 34.8 Å². The lowest BCUT2D eigenvalue weighted by molar-refractivity contribution is -0.115. The molecule has 5 nitrogen and oxygen atoms in total. The molecule has 23 heavy (non-hydrogen) atoms. The molecular formula is C18H15N3O2.